The molecule has 3 N–H and O–H groups in total. The summed E-state index contributed by atoms with van der Waals surface area (Å²) in [6.07, 6.45) is 1.34. The fraction of sp³-hybridized carbons (Fsp3) is 0.500. The molecule has 2 unspecified atom stereocenters. The molecule has 112 valence electrons. The van der Waals surface area contributed by atoms with Gasteiger partial charge in [-0.05, 0) is 32.4 Å². The highest BCUT2D eigenvalue weighted by Gasteiger charge is 2.29. The van der Waals surface area contributed by atoms with Crippen LogP contribution in [-0.2, 0) is 4.79 Å². The van der Waals surface area contributed by atoms with Crippen LogP contribution in [0.25, 0.3) is 0 Å². The lowest BCUT2D eigenvalue weighted by atomic mass is 9.95. The molecule has 3 nitrogen and oxygen atoms in total. The van der Waals surface area contributed by atoms with Gasteiger partial charge in [0, 0.05) is 10.6 Å². The van der Waals surface area contributed by atoms with Crippen LogP contribution in [0.15, 0.2) is 12.1 Å². The number of carbonyl (C=O) groups is 1. The van der Waals surface area contributed by atoms with Crippen molar-refractivity contribution in [3.63, 3.8) is 0 Å². The molecule has 1 aromatic carbocycles. The van der Waals surface area contributed by atoms with Gasteiger partial charge in [0.1, 0.15) is 5.82 Å². The number of nitrogens with two attached hydrogens (primary N) is 1. The molecule has 1 amide bonds. The molecular formula is C14H19Cl2FN2O. The van der Waals surface area contributed by atoms with E-state index in [1.807, 2.05) is 6.92 Å². The molecule has 0 bridgehead atoms. The van der Waals surface area contributed by atoms with Crippen LogP contribution in [0.4, 0.5) is 4.39 Å². The summed E-state index contributed by atoms with van der Waals surface area (Å²) in [7, 11) is 0. The number of hydrogen-bond donors (Lipinski definition) is 2. The van der Waals surface area contributed by atoms with E-state index in [1.165, 1.54) is 12.1 Å². The van der Waals surface area contributed by atoms with E-state index in [-0.39, 0.29) is 10.9 Å². The summed E-state index contributed by atoms with van der Waals surface area (Å²) in [6.45, 7) is 5.29. The van der Waals surface area contributed by atoms with E-state index >= 15 is 0 Å². The van der Waals surface area contributed by atoms with Crippen LogP contribution in [0.1, 0.15) is 45.2 Å². The number of amides is 1. The molecule has 1 aromatic rings. The van der Waals surface area contributed by atoms with E-state index < -0.39 is 17.4 Å². The molecule has 0 radical (unpaired) electrons. The lowest BCUT2D eigenvalue weighted by Gasteiger charge is -2.26. The van der Waals surface area contributed by atoms with Crippen LogP contribution in [0.5, 0.6) is 0 Å². The highest BCUT2D eigenvalue weighted by Crippen LogP contribution is 2.32. The first-order valence-corrected chi connectivity index (χ1v) is 7.19. The molecule has 0 aliphatic heterocycles. The molecule has 20 heavy (non-hydrogen) atoms. The van der Waals surface area contributed by atoms with Gasteiger partial charge in [-0.25, -0.2) is 4.39 Å². The van der Waals surface area contributed by atoms with Gasteiger partial charge in [0.25, 0.3) is 0 Å². The number of rotatable bonds is 5. The second kappa shape index (κ2) is 6.74. The highest BCUT2D eigenvalue weighted by molar-refractivity contribution is 6.36. The van der Waals surface area contributed by atoms with Gasteiger partial charge in [0.2, 0.25) is 5.91 Å². The zero-order valence-electron chi connectivity index (χ0n) is 11.8. The van der Waals surface area contributed by atoms with Crippen LogP contribution >= 0.6 is 23.2 Å². The van der Waals surface area contributed by atoms with Gasteiger partial charge >= 0.3 is 0 Å². The Labute approximate surface area is 128 Å². The zero-order valence-corrected chi connectivity index (χ0v) is 13.3. The predicted octanol–water partition coefficient (Wildman–Crippen LogP) is 3.83. The fourth-order valence-corrected chi connectivity index (χ4v) is 2.70. The number of halogens is 3. The molecule has 0 spiro atoms. The minimum Gasteiger partial charge on any atom is -0.348 e. The first-order valence-electron chi connectivity index (χ1n) is 6.44. The Kier molecular flexibility index (Phi) is 5.80. The second-order valence-corrected chi connectivity index (χ2v) is 5.90. The molecule has 0 fully saturated rings. The number of benzene rings is 1. The Bertz CT molecular complexity index is 506. The summed E-state index contributed by atoms with van der Waals surface area (Å²) < 4.78 is 13.5. The minimum absolute atomic E-state index is 0.0838. The molecular weight excluding hydrogens is 302 g/mol. The van der Waals surface area contributed by atoms with Gasteiger partial charge < -0.3 is 11.1 Å². The van der Waals surface area contributed by atoms with Crippen molar-refractivity contribution in [3.05, 3.63) is 33.6 Å². The Morgan fingerprint density at radius 2 is 2.10 bits per heavy atom. The van der Waals surface area contributed by atoms with Crippen molar-refractivity contribution in [2.45, 2.75) is 45.2 Å². The first kappa shape index (κ1) is 17.2. The summed E-state index contributed by atoms with van der Waals surface area (Å²) in [6, 6.07) is 2.07. The second-order valence-electron chi connectivity index (χ2n) is 5.12. The third-order valence-corrected chi connectivity index (χ3v) is 3.86. The topological polar surface area (TPSA) is 55.1 Å². The van der Waals surface area contributed by atoms with E-state index in [9.17, 15) is 9.18 Å². The first-order chi connectivity index (χ1) is 9.20. The average Bonchev–Trinajstić information content (AvgIpc) is 2.34. The lowest BCUT2D eigenvalue weighted by Crippen LogP contribution is -2.52. The molecule has 1 rings (SSSR count). The highest BCUT2D eigenvalue weighted by atomic mass is 35.5. The molecule has 0 aliphatic carbocycles. The molecule has 0 saturated heterocycles. The normalized spacial score (nSPS) is 15.6. The van der Waals surface area contributed by atoms with Crippen molar-refractivity contribution < 1.29 is 9.18 Å². The van der Waals surface area contributed by atoms with Crippen LogP contribution in [0.2, 0.25) is 10.0 Å². The van der Waals surface area contributed by atoms with E-state index in [0.29, 0.717) is 17.0 Å². The smallest absolute Gasteiger partial charge is 0.240 e. The van der Waals surface area contributed by atoms with E-state index in [1.54, 1.807) is 13.8 Å². The summed E-state index contributed by atoms with van der Waals surface area (Å²) in [5.41, 5.74) is 5.33. The van der Waals surface area contributed by atoms with Crippen LogP contribution in [0, 0.1) is 5.82 Å². The maximum Gasteiger partial charge on any atom is 0.240 e. The quantitative estimate of drug-likeness (QED) is 0.810. The molecule has 0 aromatic heterocycles. The Balaban J connectivity index is 2.95. The largest absolute Gasteiger partial charge is 0.348 e. The van der Waals surface area contributed by atoms with Gasteiger partial charge in [-0.3, -0.25) is 4.79 Å². The monoisotopic (exact) mass is 320 g/mol. The molecule has 0 heterocycles. The number of nitrogens with one attached hydrogen (secondary N) is 1. The van der Waals surface area contributed by atoms with Gasteiger partial charge in [-0.15, -0.1) is 0 Å². The van der Waals surface area contributed by atoms with Crippen LogP contribution < -0.4 is 11.1 Å². The van der Waals surface area contributed by atoms with Crippen molar-refractivity contribution >= 4 is 29.1 Å². The van der Waals surface area contributed by atoms with Gasteiger partial charge in [-0.1, -0.05) is 36.5 Å². The molecule has 2 atom stereocenters. The summed E-state index contributed by atoms with van der Waals surface area (Å²) in [4.78, 5) is 12.1. The summed E-state index contributed by atoms with van der Waals surface area (Å²) in [5, 5.41) is 2.95. The van der Waals surface area contributed by atoms with Crippen LogP contribution in [-0.4, -0.2) is 11.4 Å². The standard InChI is InChI=1S/C14H19Cl2FN2O/c1-4-7-14(3,18)13(20)19-8(2)11-9(15)5-6-10(17)12(11)16/h5-6,8H,4,7,18H2,1-3H3,(H,19,20). The molecule has 0 saturated carbocycles. The third-order valence-electron chi connectivity index (χ3n) is 3.15. The Morgan fingerprint density at radius 3 is 2.65 bits per heavy atom. The number of carbonyl (C=O) groups excluding carboxylic acids is 1. The lowest BCUT2D eigenvalue weighted by molar-refractivity contribution is -0.126. The Hall–Kier alpha value is -0.840. The van der Waals surface area contributed by atoms with Crippen molar-refractivity contribution in [2.75, 3.05) is 0 Å². The third kappa shape index (κ3) is 3.84. The van der Waals surface area contributed by atoms with Gasteiger partial charge in [0.05, 0.1) is 16.6 Å². The maximum atomic E-state index is 13.5. The molecule has 0 aliphatic rings. The van der Waals surface area contributed by atoms with Gasteiger partial charge in [-0.2, -0.15) is 0 Å². The SMILES string of the molecule is CCCC(C)(N)C(=O)NC(C)c1c(Cl)ccc(F)c1Cl. The van der Waals surface area contributed by atoms with Crippen molar-refractivity contribution in [2.24, 2.45) is 5.73 Å². The minimum atomic E-state index is -0.977. The van der Waals surface area contributed by atoms with Crippen molar-refractivity contribution in [3.8, 4) is 0 Å². The summed E-state index contributed by atoms with van der Waals surface area (Å²) >= 11 is 11.9. The van der Waals surface area contributed by atoms with Gasteiger partial charge in [0.15, 0.2) is 0 Å². The average molecular weight is 321 g/mol. The zero-order chi connectivity index (χ0) is 15.5. The van der Waals surface area contributed by atoms with Crippen LogP contribution in [0.3, 0.4) is 0 Å². The fourth-order valence-electron chi connectivity index (χ4n) is 2.01. The molecule has 6 heteroatoms. The maximum absolute atomic E-state index is 13.5. The Morgan fingerprint density at radius 1 is 1.50 bits per heavy atom. The van der Waals surface area contributed by atoms with Crippen molar-refractivity contribution in [1.82, 2.24) is 5.32 Å². The van der Waals surface area contributed by atoms with E-state index in [2.05, 4.69) is 5.32 Å². The van der Waals surface area contributed by atoms with E-state index in [4.69, 9.17) is 28.9 Å². The van der Waals surface area contributed by atoms with E-state index in [0.717, 1.165) is 6.42 Å². The summed E-state index contributed by atoms with van der Waals surface area (Å²) in [5.74, 6) is -0.889. The van der Waals surface area contributed by atoms with Crippen molar-refractivity contribution in [1.29, 1.82) is 0 Å². The number of hydrogen-bond acceptors (Lipinski definition) is 2. The predicted molar refractivity (Wildman–Crippen MR) is 80.5 cm³/mol.